The number of benzene rings is 1. The molecule has 4 N–H and O–H groups in total. The number of halogens is 1. The molecule has 0 aliphatic heterocycles. The van der Waals surface area contributed by atoms with Crippen molar-refractivity contribution in [3.05, 3.63) is 29.6 Å². The van der Waals surface area contributed by atoms with Crippen LogP contribution in [-0.2, 0) is 6.42 Å². The Morgan fingerprint density at radius 2 is 2.00 bits per heavy atom. The highest BCUT2D eigenvalue weighted by atomic mass is 19.1. The molecule has 1 saturated carbocycles. The van der Waals surface area contributed by atoms with Gasteiger partial charge in [-0.3, -0.25) is 10.7 Å². The minimum Gasteiger partial charge on any atom is -0.328 e. The largest absolute Gasteiger partial charge is 0.328 e. The van der Waals surface area contributed by atoms with Gasteiger partial charge in [-0.05, 0) is 68.2 Å². The normalized spacial score (nSPS) is 23.9. The molecule has 0 atom stereocenters. The number of nitrogens with two attached hydrogens (primary N) is 1. The van der Waals surface area contributed by atoms with Gasteiger partial charge in [0.25, 0.3) is 0 Å². The Bertz CT molecular complexity index is 389. The van der Waals surface area contributed by atoms with E-state index >= 15 is 0 Å². The summed E-state index contributed by atoms with van der Waals surface area (Å²) in [5.74, 6) is 0.425. The van der Waals surface area contributed by atoms with Gasteiger partial charge >= 0.3 is 0 Å². The molecule has 18 heavy (non-hydrogen) atoms. The third kappa shape index (κ3) is 3.43. The zero-order chi connectivity index (χ0) is 13.0. The van der Waals surface area contributed by atoms with Crippen LogP contribution in [0.4, 0.5) is 10.1 Å². The molecule has 0 heterocycles. The van der Waals surface area contributed by atoms with Crippen molar-refractivity contribution < 1.29 is 9.60 Å². The smallest absolute Gasteiger partial charge is 0.123 e. The summed E-state index contributed by atoms with van der Waals surface area (Å²) in [5.41, 5.74) is 9.45. The van der Waals surface area contributed by atoms with E-state index in [0.717, 1.165) is 31.2 Å². The number of rotatable bonds is 4. The first kappa shape index (κ1) is 13.3. The SMILES string of the molecule is NC1CCC(CCc2cc(F)ccc2NO)CC1. The highest BCUT2D eigenvalue weighted by Crippen LogP contribution is 2.28. The van der Waals surface area contributed by atoms with Crippen molar-refractivity contribution in [3.63, 3.8) is 0 Å². The zero-order valence-corrected chi connectivity index (χ0v) is 10.5. The molecule has 1 aliphatic rings. The molecule has 0 saturated heterocycles. The van der Waals surface area contributed by atoms with E-state index in [0.29, 0.717) is 17.6 Å². The van der Waals surface area contributed by atoms with Crippen molar-refractivity contribution in [3.8, 4) is 0 Å². The molecule has 2 rings (SSSR count). The zero-order valence-electron chi connectivity index (χ0n) is 10.5. The van der Waals surface area contributed by atoms with Gasteiger partial charge in [-0.25, -0.2) is 4.39 Å². The number of hydrogen-bond donors (Lipinski definition) is 3. The average molecular weight is 252 g/mol. The molecular formula is C14H21FN2O. The number of anilines is 1. The lowest BCUT2D eigenvalue weighted by Crippen LogP contribution is -2.26. The van der Waals surface area contributed by atoms with Crippen LogP contribution in [0, 0.1) is 11.7 Å². The van der Waals surface area contributed by atoms with E-state index in [1.165, 1.54) is 25.0 Å². The van der Waals surface area contributed by atoms with Crippen molar-refractivity contribution >= 4 is 5.69 Å². The van der Waals surface area contributed by atoms with Crippen LogP contribution in [-0.4, -0.2) is 11.2 Å². The van der Waals surface area contributed by atoms with Gasteiger partial charge in [0.05, 0.1) is 5.69 Å². The Balaban J connectivity index is 1.91. The van der Waals surface area contributed by atoms with Crippen LogP contribution in [0.25, 0.3) is 0 Å². The van der Waals surface area contributed by atoms with Gasteiger partial charge in [0.2, 0.25) is 0 Å². The summed E-state index contributed by atoms with van der Waals surface area (Å²) < 4.78 is 13.2. The molecule has 0 unspecified atom stereocenters. The first-order valence-corrected chi connectivity index (χ1v) is 6.63. The lowest BCUT2D eigenvalue weighted by atomic mass is 9.83. The summed E-state index contributed by atoms with van der Waals surface area (Å²) >= 11 is 0. The lowest BCUT2D eigenvalue weighted by Gasteiger charge is -2.26. The van der Waals surface area contributed by atoms with Crippen molar-refractivity contribution in [1.82, 2.24) is 0 Å². The number of nitrogens with one attached hydrogen (secondary N) is 1. The van der Waals surface area contributed by atoms with E-state index in [2.05, 4.69) is 5.48 Å². The molecule has 0 radical (unpaired) electrons. The third-order valence-corrected chi connectivity index (χ3v) is 3.90. The summed E-state index contributed by atoms with van der Waals surface area (Å²) in [6.45, 7) is 0. The van der Waals surface area contributed by atoms with E-state index in [1.807, 2.05) is 0 Å². The predicted octanol–water partition coefficient (Wildman–Crippen LogP) is 3.08. The van der Waals surface area contributed by atoms with Gasteiger partial charge < -0.3 is 5.73 Å². The van der Waals surface area contributed by atoms with Gasteiger partial charge in [0.15, 0.2) is 0 Å². The van der Waals surface area contributed by atoms with E-state index in [9.17, 15) is 4.39 Å². The summed E-state index contributed by atoms with van der Waals surface area (Å²) in [6, 6.07) is 4.78. The molecule has 0 aromatic heterocycles. The minimum atomic E-state index is -0.255. The molecule has 3 nitrogen and oxygen atoms in total. The van der Waals surface area contributed by atoms with Crippen molar-refractivity contribution in [2.45, 2.75) is 44.6 Å². The maximum atomic E-state index is 13.2. The third-order valence-electron chi connectivity index (χ3n) is 3.90. The van der Waals surface area contributed by atoms with Gasteiger partial charge in [0, 0.05) is 6.04 Å². The summed E-state index contributed by atoms with van der Waals surface area (Å²) in [6.07, 6.45) is 6.35. The van der Waals surface area contributed by atoms with Gasteiger partial charge in [-0.15, -0.1) is 0 Å². The topological polar surface area (TPSA) is 58.3 Å². The summed E-state index contributed by atoms with van der Waals surface area (Å²) in [7, 11) is 0. The standard InChI is InChI=1S/C14H21FN2O/c15-12-5-8-14(17-18)11(9-12)4-1-10-2-6-13(16)7-3-10/h5,8-10,13,17-18H,1-4,6-7,16H2. The fourth-order valence-electron chi connectivity index (χ4n) is 2.71. The number of aryl methyl sites for hydroxylation is 1. The molecular weight excluding hydrogens is 231 g/mol. The molecule has 1 aromatic carbocycles. The van der Waals surface area contributed by atoms with E-state index in [1.54, 1.807) is 6.07 Å². The summed E-state index contributed by atoms with van der Waals surface area (Å²) in [5, 5.41) is 8.99. The highest BCUT2D eigenvalue weighted by molar-refractivity contribution is 5.49. The van der Waals surface area contributed by atoms with Crippen LogP contribution in [0.1, 0.15) is 37.7 Å². The van der Waals surface area contributed by atoms with Gasteiger partial charge in [-0.2, -0.15) is 0 Å². The van der Waals surface area contributed by atoms with Crippen molar-refractivity contribution in [2.75, 3.05) is 5.48 Å². The van der Waals surface area contributed by atoms with E-state index in [-0.39, 0.29) is 5.82 Å². The maximum Gasteiger partial charge on any atom is 0.123 e. The monoisotopic (exact) mass is 252 g/mol. The molecule has 100 valence electrons. The van der Waals surface area contributed by atoms with Crippen LogP contribution in [0.3, 0.4) is 0 Å². The van der Waals surface area contributed by atoms with Gasteiger partial charge in [0.1, 0.15) is 5.82 Å². The Hall–Kier alpha value is -1.13. The molecule has 1 aliphatic carbocycles. The highest BCUT2D eigenvalue weighted by Gasteiger charge is 2.18. The average Bonchev–Trinajstić information content (AvgIpc) is 2.38. The summed E-state index contributed by atoms with van der Waals surface area (Å²) in [4.78, 5) is 0. The predicted molar refractivity (Wildman–Crippen MR) is 70.1 cm³/mol. The van der Waals surface area contributed by atoms with Crippen LogP contribution in [0.15, 0.2) is 18.2 Å². The molecule has 1 fully saturated rings. The van der Waals surface area contributed by atoms with Crippen molar-refractivity contribution in [2.24, 2.45) is 11.7 Å². The second-order valence-corrected chi connectivity index (χ2v) is 5.23. The second kappa shape index (κ2) is 6.16. The molecule has 0 amide bonds. The minimum absolute atomic E-state index is 0.255. The molecule has 0 spiro atoms. The Morgan fingerprint density at radius 3 is 2.67 bits per heavy atom. The van der Waals surface area contributed by atoms with Crippen LogP contribution < -0.4 is 11.2 Å². The Morgan fingerprint density at radius 1 is 1.28 bits per heavy atom. The Kier molecular flexibility index (Phi) is 4.55. The Labute approximate surface area is 107 Å². The fraction of sp³-hybridized carbons (Fsp3) is 0.571. The fourth-order valence-corrected chi connectivity index (χ4v) is 2.71. The van der Waals surface area contributed by atoms with Crippen LogP contribution in [0.2, 0.25) is 0 Å². The lowest BCUT2D eigenvalue weighted by molar-refractivity contribution is 0.310. The van der Waals surface area contributed by atoms with Crippen LogP contribution in [0.5, 0.6) is 0 Å². The number of hydrogen-bond acceptors (Lipinski definition) is 3. The molecule has 1 aromatic rings. The first-order valence-electron chi connectivity index (χ1n) is 6.63. The molecule has 4 heteroatoms. The van der Waals surface area contributed by atoms with E-state index in [4.69, 9.17) is 10.9 Å². The van der Waals surface area contributed by atoms with Gasteiger partial charge in [-0.1, -0.05) is 0 Å². The molecule has 0 bridgehead atoms. The van der Waals surface area contributed by atoms with Crippen molar-refractivity contribution in [1.29, 1.82) is 0 Å². The van der Waals surface area contributed by atoms with Crippen LogP contribution >= 0.6 is 0 Å². The van der Waals surface area contributed by atoms with E-state index < -0.39 is 0 Å². The maximum absolute atomic E-state index is 13.2. The second-order valence-electron chi connectivity index (χ2n) is 5.23. The first-order chi connectivity index (χ1) is 8.69. The quantitative estimate of drug-likeness (QED) is 0.722.